The molecule has 1 N–H and O–H groups in total. The number of amides is 1. The van der Waals surface area contributed by atoms with E-state index in [1.54, 1.807) is 6.08 Å². The van der Waals surface area contributed by atoms with Gasteiger partial charge in [0.05, 0.1) is 6.04 Å². The Kier molecular flexibility index (Phi) is 1.20. The van der Waals surface area contributed by atoms with Crippen molar-refractivity contribution in [1.29, 1.82) is 0 Å². The summed E-state index contributed by atoms with van der Waals surface area (Å²) in [6, 6.07) is 0.0162. The van der Waals surface area contributed by atoms with E-state index in [1.807, 2.05) is 0 Å². The highest BCUT2D eigenvalue weighted by Gasteiger charge is 2.17. The van der Waals surface area contributed by atoms with Crippen LogP contribution in [0, 0.1) is 0 Å². The zero-order valence-electron chi connectivity index (χ0n) is 4.39. The molecule has 1 unspecified atom stereocenters. The number of hydrogen-bond acceptors (Lipinski definition) is 2. The average molecular weight is 113 g/mol. The van der Waals surface area contributed by atoms with Gasteiger partial charge in [0.15, 0.2) is 0 Å². The summed E-state index contributed by atoms with van der Waals surface area (Å²) in [5.41, 5.74) is 0. The summed E-state index contributed by atoms with van der Waals surface area (Å²) in [4.78, 5) is 10.2. The van der Waals surface area contributed by atoms with E-state index >= 15 is 0 Å². The molecular formula is C5H7NO2. The van der Waals surface area contributed by atoms with Crippen molar-refractivity contribution in [3.8, 4) is 0 Å². The first kappa shape index (κ1) is 5.15. The van der Waals surface area contributed by atoms with Gasteiger partial charge >= 0.3 is 6.09 Å². The van der Waals surface area contributed by atoms with Crippen LogP contribution < -0.4 is 5.32 Å². The van der Waals surface area contributed by atoms with Gasteiger partial charge in [-0.15, -0.1) is 6.58 Å². The monoisotopic (exact) mass is 113 g/mol. The fourth-order valence-electron chi connectivity index (χ4n) is 0.527. The maximum absolute atomic E-state index is 10.2. The summed E-state index contributed by atoms with van der Waals surface area (Å²) in [5.74, 6) is 0. The Balaban J connectivity index is 2.43. The number of nitrogens with one attached hydrogen (secondary N) is 1. The summed E-state index contributed by atoms with van der Waals surface area (Å²) in [7, 11) is 0. The van der Waals surface area contributed by atoms with Crippen LogP contribution in [-0.2, 0) is 4.74 Å². The molecule has 1 rings (SSSR count). The first-order valence-electron chi connectivity index (χ1n) is 2.39. The van der Waals surface area contributed by atoms with Crippen molar-refractivity contribution in [1.82, 2.24) is 5.32 Å². The molecule has 1 aliphatic heterocycles. The van der Waals surface area contributed by atoms with Crippen LogP contribution in [0.5, 0.6) is 0 Å². The van der Waals surface area contributed by atoms with E-state index in [-0.39, 0.29) is 12.1 Å². The van der Waals surface area contributed by atoms with Gasteiger partial charge in [0.1, 0.15) is 6.61 Å². The molecule has 0 radical (unpaired) electrons. The van der Waals surface area contributed by atoms with E-state index < -0.39 is 0 Å². The number of carbonyl (C=O) groups is 1. The zero-order valence-corrected chi connectivity index (χ0v) is 4.39. The van der Waals surface area contributed by atoms with Crippen molar-refractivity contribution in [2.75, 3.05) is 6.61 Å². The average Bonchev–Trinajstić information content (AvgIpc) is 2.14. The normalized spacial score (nSPS) is 26.5. The maximum Gasteiger partial charge on any atom is 0.407 e. The molecule has 1 atom stereocenters. The molecule has 0 bridgehead atoms. The van der Waals surface area contributed by atoms with Crippen LogP contribution in [-0.4, -0.2) is 18.7 Å². The molecule has 1 aliphatic rings. The Morgan fingerprint density at radius 1 is 2.00 bits per heavy atom. The number of cyclic esters (lactones) is 1. The van der Waals surface area contributed by atoms with Crippen molar-refractivity contribution >= 4 is 6.09 Å². The third-order valence-corrected chi connectivity index (χ3v) is 0.982. The quantitative estimate of drug-likeness (QED) is 0.496. The number of rotatable bonds is 1. The molecule has 44 valence electrons. The predicted octanol–water partition coefficient (Wildman–Crippen LogP) is 0.281. The highest BCUT2D eigenvalue weighted by atomic mass is 16.6. The van der Waals surface area contributed by atoms with Crippen LogP contribution in [0.4, 0.5) is 4.79 Å². The fourth-order valence-corrected chi connectivity index (χ4v) is 0.527. The second-order valence-corrected chi connectivity index (χ2v) is 1.58. The van der Waals surface area contributed by atoms with Crippen molar-refractivity contribution in [3.63, 3.8) is 0 Å². The van der Waals surface area contributed by atoms with Gasteiger partial charge in [-0.25, -0.2) is 4.79 Å². The molecule has 1 amide bonds. The lowest BCUT2D eigenvalue weighted by molar-refractivity contribution is 0.177. The lowest BCUT2D eigenvalue weighted by Gasteiger charge is -1.93. The maximum atomic E-state index is 10.2. The zero-order chi connectivity index (χ0) is 5.98. The molecule has 1 heterocycles. The Labute approximate surface area is 47.3 Å². The van der Waals surface area contributed by atoms with Crippen molar-refractivity contribution in [3.05, 3.63) is 12.7 Å². The number of hydrogen-bond donors (Lipinski definition) is 1. The van der Waals surface area contributed by atoms with Gasteiger partial charge in [-0.2, -0.15) is 0 Å². The predicted molar refractivity (Wildman–Crippen MR) is 28.5 cm³/mol. The van der Waals surface area contributed by atoms with Gasteiger partial charge in [0.2, 0.25) is 0 Å². The summed E-state index contributed by atoms with van der Waals surface area (Å²) < 4.78 is 4.54. The van der Waals surface area contributed by atoms with E-state index in [0.717, 1.165) is 0 Å². The van der Waals surface area contributed by atoms with Gasteiger partial charge in [-0.05, 0) is 0 Å². The smallest absolute Gasteiger partial charge is 0.407 e. The van der Waals surface area contributed by atoms with Crippen LogP contribution in [0.25, 0.3) is 0 Å². The van der Waals surface area contributed by atoms with Crippen LogP contribution in [0.1, 0.15) is 0 Å². The minimum atomic E-state index is -0.352. The van der Waals surface area contributed by atoms with Crippen LogP contribution in [0.3, 0.4) is 0 Å². The molecule has 0 aromatic carbocycles. The summed E-state index contributed by atoms with van der Waals surface area (Å²) in [6.07, 6.45) is 1.29. The Hall–Kier alpha value is -0.990. The van der Waals surface area contributed by atoms with Crippen LogP contribution in [0.15, 0.2) is 12.7 Å². The molecule has 1 saturated heterocycles. The highest BCUT2D eigenvalue weighted by molar-refractivity contribution is 5.69. The third kappa shape index (κ3) is 0.804. The first-order chi connectivity index (χ1) is 3.83. The van der Waals surface area contributed by atoms with E-state index in [9.17, 15) is 4.79 Å². The molecule has 0 saturated carbocycles. The molecular weight excluding hydrogens is 106 g/mol. The highest BCUT2D eigenvalue weighted by Crippen LogP contribution is 1.96. The Morgan fingerprint density at radius 2 is 2.75 bits per heavy atom. The van der Waals surface area contributed by atoms with Gasteiger partial charge < -0.3 is 10.1 Å². The van der Waals surface area contributed by atoms with E-state index in [1.165, 1.54) is 0 Å². The first-order valence-corrected chi connectivity index (χ1v) is 2.39. The second kappa shape index (κ2) is 1.86. The SMILES string of the molecule is C=CC1COC(=O)N1. The molecule has 0 spiro atoms. The van der Waals surface area contributed by atoms with Gasteiger partial charge in [-0.1, -0.05) is 6.08 Å². The molecule has 8 heavy (non-hydrogen) atoms. The van der Waals surface area contributed by atoms with Gasteiger partial charge in [0, 0.05) is 0 Å². The van der Waals surface area contributed by atoms with Crippen molar-refractivity contribution in [2.45, 2.75) is 6.04 Å². The lowest BCUT2D eigenvalue weighted by atomic mass is 10.3. The minimum absolute atomic E-state index is 0.0162. The number of ether oxygens (including phenoxy) is 1. The second-order valence-electron chi connectivity index (χ2n) is 1.58. The topological polar surface area (TPSA) is 38.3 Å². The van der Waals surface area contributed by atoms with E-state index in [0.29, 0.717) is 6.61 Å². The van der Waals surface area contributed by atoms with E-state index in [4.69, 9.17) is 0 Å². The number of alkyl carbamates (subject to hydrolysis) is 1. The van der Waals surface area contributed by atoms with Gasteiger partial charge in [0.25, 0.3) is 0 Å². The van der Waals surface area contributed by atoms with Crippen molar-refractivity contribution in [2.24, 2.45) is 0 Å². The standard InChI is InChI=1S/C5H7NO2/c1-2-4-3-8-5(7)6-4/h2,4H,1,3H2,(H,6,7). The summed E-state index contributed by atoms with van der Waals surface area (Å²) in [6.45, 7) is 3.90. The fraction of sp³-hybridized carbons (Fsp3) is 0.400. The molecule has 0 aliphatic carbocycles. The Bertz CT molecular complexity index is 122. The lowest BCUT2D eigenvalue weighted by Crippen LogP contribution is -2.23. The van der Waals surface area contributed by atoms with Crippen LogP contribution >= 0.6 is 0 Å². The third-order valence-electron chi connectivity index (χ3n) is 0.982. The molecule has 3 heteroatoms. The Morgan fingerprint density at radius 3 is 3.00 bits per heavy atom. The summed E-state index contributed by atoms with van der Waals surface area (Å²) in [5, 5.41) is 2.52. The number of carbonyl (C=O) groups excluding carboxylic acids is 1. The minimum Gasteiger partial charge on any atom is -0.447 e. The molecule has 1 fully saturated rings. The van der Waals surface area contributed by atoms with Gasteiger partial charge in [-0.3, -0.25) is 0 Å². The van der Waals surface area contributed by atoms with Crippen molar-refractivity contribution < 1.29 is 9.53 Å². The largest absolute Gasteiger partial charge is 0.447 e. The van der Waals surface area contributed by atoms with Crippen LogP contribution in [0.2, 0.25) is 0 Å². The summed E-state index contributed by atoms with van der Waals surface area (Å²) >= 11 is 0. The van der Waals surface area contributed by atoms with E-state index in [2.05, 4.69) is 16.6 Å². The molecule has 0 aromatic heterocycles. The molecule has 0 aromatic rings. The molecule has 3 nitrogen and oxygen atoms in total.